The molecule has 0 heterocycles. The summed E-state index contributed by atoms with van der Waals surface area (Å²) >= 11 is 0. The number of carboxylic acids is 2. The van der Waals surface area contributed by atoms with E-state index < -0.39 is 11.9 Å². The smallest absolute Gasteiger partial charge is 0.336 e. The molecule has 1 aromatic carbocycles. The molecule has 6 nitrogen and oxygen atoms in total. The quantitative estimate of drug-likeness (QED) is 0.466. The Balaban J connectivity index is 0.000000396. The van der Waals surface area contributed by atoms with E-state index in [4.69, 9.17) is 21.7 Å². The zero-order chi connectivity index (χ0) is 15.5. The van der Waals surface area contributed by atoms with Gasteiger partial charge in [-0.25, -0.2) is 9.59 Å². The number of aromatic carboxylic acids is 2. The van der Waals surface area contributed by atoms with Crippen LogP contribution in [0.2, 0.25) is 0 Å². The average Bonchev–Trinajstić information content (AvgIpc) is 2.39. The van der Waals surface area contributed by atoms with Crippen molar-refractivity contribution >= 4 is 11.9 Å². The van der Waals surface area contributed by atoms with Crippen molar-refractivity contribution in [1.29, 1.82) is 0 Å². The topological polar surface area (TPSA) is 127 Å². The lowest BCUT2D eigenvalue weighted by atomic mass is 10.1. The van der Waals surface area contributed by atoms with Crippen LogP contribution in [-0.4, -0.2) is 28.3 Å². The van der Waals surface area contributed by atoms with Crippen LogP contribution in [0.1, 0.15) is 53.3 Å². The van der Waals surface area contributed by atoms with Crippen LogP contribution in [0.5, 0.6) is 0 Å². The van der Waals surface area contributed by atoms with Gasteiger partial charge >= 0.3 is 11.9 Å². The van der Waals surface area contributed by atoms with Gasteiger partial charge in [0.2, 0.25) is 0 Å². The van der Waals surface area contributed by atoms with Crippen molar-refractivity contribution in [3.8, 4) is 0 Å². The predicted molar refractivity (Wildman–Crippen MR) is 76.7 cm³/mol. The number of carboxylic acid groups (broad SMARTS) is 2. The molecule has 1 aromatic rings. The molecule has 6 heteroatoms. The number of carbonyl (C=O) groups is 2. The maximum absolute atomic E-state index is 10.5. The fraction of sp³-hybridized carbons (Fsp3) is 0.429. The molecule has 0 bridgehead atoms. The Labute approximate surface area is 118 Å². The summed E-state index contributed by atoms with van der Waals surface area (Å²) < 4.78 is 0. The van der Waals surface area contributed by atoms with Crippen molar-refractivity contribution in [1.82, 2.24) is 0 Å². The molecule has 0 saturated carbocycles. The first-order chi connectivity index (χ1) is 9.40. The third kappa shape index (κ3) is 7.50. The van der Waals surface area contributed by atoms with E-state index in [1.165, 1.54) is 43.5 Å². The Morgan fingerprint density at radius 2 is 1.50 bits per heavy atom. The summed E-state index contributed by atoms with van der Waals surface area (Å²) in [7, 11) is 0. The summed E-state index contributed by atoms with van der Waals surface area (Å²) in [6.45, 7) is 2.17. The molecule has 0 aliphatic carbocycles. The van der Waals surface area contributed by atoms with Crippen LogP contribution < -0.4 is 11.5 Å². The van der Waals surface area contributed by atoms with Crippen LogP contribution in [0.4, 0.5) is 0 Å². The normalized spacial score (nSPS) is 9.80. The van der Waals surface area contributed by atoms with E-state index in [0.717, 1.165) is 6.42 Å². The summed E-state index contributed by atoms with van der Waals surface area (Å²) in [5, 5.41) is 17.1. The van der Waals surface area contributed by atoms with Gasteiger partial charge in [-0.3, -0.25) is 0 Å². The fourth-order valence-corrected chi connectivity index (χ4v) is 1.49. The Bertz CT molecular complexity index is 400. The molecule has 20 heavy (non-hydrogen) atoms. The van der Waals surface area contributed by atoms with Gasteiger partial charge in [-0.1, -0.05) is 38.3 Å². The number of nitrogens with two attached hydrogens (primary N) is 2. The van der Waals surface area contributed by atoms with E-state index in [-0.39, 0.29) is 17.3 Å². The van der Waals surface area contributed by atoms with Crippen molar-refractivity contribution in [2.45, 2.75) is 38.8 Å². The molecular weight excluding hydrogens is 260 g/mol. The van der Waals surface area contributed by atoms with Crippen LogP contribution in [0, 0.1) is 0 Å². The van der Waals surface area contributed by atoms with E-state index in [0.29, 0.717) is 0 Å². The molecule has 0 unspecified atom stereocenters. The fourth-order valence-electron chi connectivity index (χ4n) is 1.49. The molecule has 112 valence electrons. The third-order valence-electron chi connectivity index (χ3n) is 2.53. The van der Waals surface area contributed by atoms with Gasteiger partial charge in [0.15, 0.2) is 0 Å². The largest absolute Gasteiger partial charge is 0.478 e. The summed E-state index contributed by atoms with van der Waals surface area (Å²) in [6.07, 6.45) is 4.54. The highest BCUT2D eigenvalue weighted by molar-refractivity contribution is 6.01. The summed E-state index contributed by atoms with van der Waals surface area (Å²) in [6, 6.07) is 5.48. The Hall–Kier alpha value is -1.92. The molecule has 6 N–H and O–H groups in total. The van der Waals surface area contributed by atoms with Gasteiger partial charge in [0.1, 0.15) is 0 Å². The molecule has 0 aliphatic rings. The predicted octanol–water partition coefficient (Wildman–Crippen LogP) is 1.89. The van der Waals surface area contributed by atoms with Crippen molar-refractivity contribution in [3.63, 3.8) is 0 Å². The summed E-state index contributed by atoms with van der Waals surface area (Å²) in [5.74, 6) is -2.46. The lowest BCUT2D eigenvalue weighted by Crippen LogP contribution is -2.29. The molecule has 0 atom stereocenters. The highest BCUT2D eigenvalue weighted by Crippen LogP contribution is 2.07. The second-order valence-corrected chi connectivity index (χ2v) is 4.32. The molecule has 0 amide bonds. The number of rotatable bonds is 6. The zero-order valence-electron chi connectivity index (χ0n) is 11.6. The standard InChI is InChI=1S/C8H6O4.C6H16N2/c9-7(10)5-3-1-2-4-6(5)8(11)12;1-2-3-4-5-6(7)8/h1-4H,(H,9,10)(H,11,12);6H,2-5,7-8H2,1H3. The summed E-state index contributed by atoms with van der Waals surface area (Å²) in [4.78, 5) is 20.9. The molecule has 0 aliphatic heterocycles. The highest BCUT2D eigenvalue weighted by atomic mass is 16.4. The van der Waals surface area contributed by atoms with Crippen molar-refractivity contribution in [2.24, 2.45) is 11.5 Å². The van der Waals surface area contributed by atoms with E-state index >= 15 is 0 Å². The first-order valence-electron chi connectivity index (χ1n) is 6.46. The monoisotopic (exact) mass is 282 g/mol. The van der Waals surface area contributed by atoms with E-state index in [1.54, 1.807) is 0 Å². The molecule has 0 radical (unpaired) electrons. The number of hydrogen-bond acceptors (Lipinski definition) is 4. The lowest BCUT2D eigenvalue weighted by molar-refractivity contribution is 0.0651. The number of hydrogen-bond donors (Lipinski definition) is 4. The first-order valence-corrected chi connectivity index (χ1v) is 6.46. The minimum atomic E-state index is -1.23. The Morgan fingerprint density at radius 1 is 1.05 bits per heavy atom. The second kappa shape index (κ2) is 9.94. The van der Waals surface area contributed by atoms with Crippen LogP contribution in [0.15, 0.2) is 24.3 Å². The average molecular weight is 282 g/mol. The molecule has 0 fully saturated rings. The molecule has 0 aromatic heterocycles. The van der Waals surface area contributed by atoms with Gasteiger partial charge in [-0.05, 0) is 18.6 Å². The number of benzene rings is 1. The van der Waals surface area contributed by atoms with Gasteiger partial charge < -0.3 is 21.7 Å². The van der Waals surface area contributed by atoms with Gasteiger partial charge in [-0.2, -0.15) is 0 Å². The second-order valence-electron chi connectivity index (χ2n) is 4.32. The Morgan fingerprint density at radius 3 is 1.80 bits per heavy atom. The summed E-state index contributed by atoms with van der Waals surface area (Å²) in [5.41, 5.74) is 10.2. The van der Waals surface area contributed by atoms with Crippen molar-refractivity contribution < 1.29 is 19.8 Å². The van der Waals surface area contributed by atoms with Crippen molar-refractivity contribution in [3.05, 3.63) is 35.4 Å². The zero-order valence-corrected chi connectivity index (χ0v) is 11.6. The minimum absolute atomic E-state index is 0.0958. The SMILES string of the molecule is CCCCCC(N)N.O=C(O)c1ccccc1C(=O)O. The van der Waals surface area contributed by atoms with Crippen LogP contribution in [-0.2, 0) is 0 Å². The van der Waals surface area contributed by atoms with E-state index in [9.17, 15) is 9.59 Å². The number of unbranched alkanes of at least 4 members (excludes halogenated alkanes) is 2. The van der Waals surface area contributed by atoms with E-state index in [2.05, 4.69) is 6.92 Å². The third-order valence-corrected chi connectivity index (χ3v) is 2.53. The maximum Gasteiger partial charge on any atom is 0.336 e. The van der Waals surface area contributed by atoms with Gasteiger partial charge in [-0.15, -0.1) is 0 Å². The van der Waals surface area contributed by atoms with Crippen LogP contribution in [0.3, 0.4) is 0 Å². The molecule has 0 spiro atoms. The highest BCUT2D eigenvalue weighted by Gasteiger charge is 2.13. The van der Waals surface area contributed by atoms with Gasteiger partial charge in [0.25, 0.3) is 0 Å². The minimum Gasteiger partial charge on any atom is -0.478 e. The Kier molecular flexibility index (Phi) is 8.98. The van der Waals surface area contributed by atoms with Crippen molar-refractivity contribution in [2.75, 3.05) is 0 Å². The first kappa shape index (κ1) is 18.1. The lowest BCUT2D eigenvalue weighted by Gasteiger charge is -2.01. The molecular formula is C14H22N2O4. The van der Waals surface area contributed by atoms with Gasteiger partial charge in [0, 0.05) is 0 Å². The van der Waals surface area contributed by atoms with Gasteiger partial charge in [0.05, 0.1) is 17.3 Å². The molecule has 0 saturated heterocycles. The maximum atomic E-state index is 10.5. The van der Waals surface area contributed by atoms with E-state index in [1.807, 2.05) is 0 Å². The van der Waals surface area contributed by atoms with Crippen LogP contribution >= 0.6 is 0 Å². The molecule has 1 rings (SSSR count). The van der Waals surface area contributed by atoms with Crippen LogP contribution in [0.25, 0.3) is 0 Å².